The van der Waals surface area contributed by atoms with Crippen LogP contribution < -0.4 is 52.1 Å². The summed E-state index contributed by atoms with van der Waals surface area (Å²) in [5, 5.41) is 0. The van der Waals surface area contributed by atoms with Crippen molar-refractivity contribution in [2.45, 2.75) is 9.79 Å². The van der Waals surface area contributed by atoms with Gasteiger partial charge < -0.3 is 19.3 Å². The van der Waals surface area contributed by atoms with Crippen LogP contribution in [0.15, 0.2) is 265 Å². The summed E-state index contributed by atoms with van der Waals surface area (Å²) in [7, 11) is 0. The quantitative estimate of drug-likeness (QED) is 0.148. The predicted octanol–water partition coefficient (Wildman–Crippen LogP) is 13.6. The molecule has 4 aliphatic rings. The lowest BCUT2D eigenvalue weighted by Crippen LogP contribution is -2.62. The van der Waals surface area contributed by atoms with Crippen molar-refractivity contribution >= 4 is 92.1 Å². The Hall–Kier alpha value is -8.90. The van der Waals surface area contributed by atoms with Crippen molar-refractivity contribution in [2.75, 3.05) is 9.80 Å². The van der Waals surface area contributed by atoms with Crippen LogP contribution in [0.3, 0.4) is 0 Å². The Kier molecular flexibility index (Phi) is 9.67. The topological polar surface area (TPSA) is 24.9 Å². The largest absolute Gasteiger partial charge is 0.458 e. The van der Waals surface area contributed by atoms with E-state index < -0.39 is 0 Å². The van der Waals surface area contributed by atoms with E-state index in [1.807, 2.05) is 11.8 Å². The van der Waals surface area contributed by atoms with Gasteiger partial charge >= 0.3 is 0 Å². The molecular weight excluding hydrogens is 906 g/mol. The Morgan fingerprint density at radius 3 is 1.56 bits per heavy atom. The Balaban J connectivity index is 0.956. The maximum Gasteiger partial charge on any atom is 0.256 e. The molecule has 0 bridgehead atoms. The predicted molar refractivity (Wildman–Crippen MR) is 305 cm³/mol. The van der Waals surface area contributed by atoms with Gasteiger partial charge in [-0.1, -0.05) is 199 Å². The van der Waals surface area contributed by atoms with E-state index in [0.717, 1.165) is 84.7 Å². The van der Waals surface area contributed by atoms with Crippen molar-refractivity contribution in [3.8, 4) is 56.4 Å². The highest BCUT2D eigenvalue weighted by atomic mass is 32.2. The Morgan fingerprint density at radius 1 is 0.315 bits per heavy atom. The molecule has 0 fully saturated rings. The van der Waals surface area contributed by atoms with Crippen LogP contribution in [0.1, 0.15) is 0 Å². The zero-order valence-electron chi connectivity index (χ0n) is 39.5. The third-order valence-electron chi connectivity index (χ3n) is 15.0. The second kappa shape index (κ2) is 16.9. The van der Waals surface area contributed by atoms with Crippen molar-refractivity contribution in [1.82, 2.24) is 0 Å². The highest BCUT2D eigenvalue weighted by Crippen LogP contribution is 2.49. The molecule has 0 atom stereocenters. The molecule has 11 aromatic rings. The highest BCUT2D eigenvalue weighted by molar-refractivity contribution is 8.00. The van der Waals surface area contributed by atoms with Crippen LogP contribution in [-0.4, -0.2) is 13.4 Å². The molecule has 15 rings (SSSR count). The van der Waals surface area contributed by atoms with Crippen molar-refractivity contribution in [3.63, 3.8) is 0 Å². The molecule has 0 unspecified atom stereocenters. The fourth-order valence-corrected chi connectivity index (χ4v) is 13.1. The van der Waals surface area contributed by atoms with Crippen LogP contribution in [-0.2, 0) is 0 Å². The fraction of sp³-hybridized carbons (Fsp3) is 0. The van der Waals surface area contributed by atoms with Gasteiger partial charge in [-0.2, -0.15) is 0 Å². The maximum absolute atomic E-state index is 7.50. The number of hydrogen-bond donors (Lipinski definition) is 0. The van der Waals surface area contributed by atoms with Crippen molar-refractivity contribution in [2.24, 2.45) is 0 Å². The average molecular weight is 949 g/mol. The number of hydrogen-bond acceptors (Lipinski definition) is 5. The van der Waals surface area contributed by atoms with E-state index >= 15 is 0 Å². The summed E-state index contributed by atoms with van der Waals surface area (Å²) >= 11 is 1.82. The van der Waals surface area contributed by atoms with Gasteiger partial charge in [-0.3, -0.25) is 0 Å². The van der Waals surface area contributed by atoms with E-state index in [4.69, 9.17) is 9.47 Å². The van der Waals surface area contributed by atoms with Crippen molar-refractivity contribution < 1.29 is 9.47 Å². The molecule has 0 aromatic heterocycles. The lowest BCUT2D eigenvalue weighted by molar-refractivity contribution is 0.486. The molecule has 0 saturated heterocycles. The maximum atomic E-state index is 7.50. The van der Waals surface area contributed by atoms with Gasteiger partial charge in [0.2, 0.25) is 0 Å². The monoisotopic (exact) mass is 948 g/mol. The van der Waals surface area contributed by atoms with E-state index in [0.29, 0.717) is 0 Å². The second-order valence-electron chi connectivity index (χ2n) is 19.1. The first-order chi connectivity index (χ1) is 36.2. The summed E-state index contributed by atoms with van der Waals surface area (Å²) < 4.78 is 14.5. The van der Waals surface area contributed by atoms with Crippen LogP contribution >= 0.6 is 11.8 Å². The van der Waals surface area contributed by atoms with Gasteiger partial charge in [0.25, 0.3) is 13.4 Å². The Morgan fingerprint density at radius 2 is 0.849 bits per heavy atom. The van der Waals surface area contributed by atoms with Gasteiger partial charge in [0, 0.05) is 44.2 Å². The van der Waals surface area contributed by atoms with Gasteiger partial charge in [0.1, 0.15) is 23.0 Å². The molecule has 0 amide bonds. The summed E-state index contributed by atoms with van der Waals surface area (Å²) in [5.41, 5.74) is 20.7. The number of fused-ring (bicyclic) bond motifs is 8. The molecule has 0 radical (unpaired) electrons. The number of nitrogens with zero attached hydrogens (tertiary/aromatic N) is 2. The van der Waals surface area contributed by atoms with E-state index in [9.17, 15) is 0 Å². The van der Waals surface area contributed by atoms with Gasteiger partial charge in [-0.25, -0.2) is 0 Å². The van der Waals surface area contributed by atoms with Gasteiger partial charge in [-0.15, -0.1) is 0 Å². The lowest BCUT2D eigenvalue weighted by Gasteiger charge is -2.42. The number of para-hydroxylation sites is 5. The second-order valence-corrected chi connectivity index (χ2v) is 20.2. The molecule has 340 valence electrons. The van der Waals surface area contributed by atoms with Crippen LogP contribution in [0.2, 0.25) is 0 Å². The summed E-state index contributed by atoms with van der Waals surface area (Å²) in [4.78, 5) is 7.21. The summed E-state index contributed by atoms with van der Waals surface area (Å²) in [6.45, 7) is -0.166. The van der Waals surface area contributed by atoms with Crippen molar-refractivity contribution in [3.05, 3.63) is 255 Å². The van der Waals surface area contributed by atoms with Crippen LogP contribution in [0.5, 0.6) is 23.0 Å². The smallest absolute Gasteiger partial charge is 0.256 e. The SMILES string of the molecule is c1ccc(-c2ccccc2-c2cc3c4c(c2)Sc2cc5c(cc2B4c2ccccc2O3)B2c3ccccc3N(c3ccccc3-c3ccccc3)c3cc(N(c4ccccc4)c4ccccc4)cc(c32)O5)cc1. The van der Waals surface area contributed by atoms with Crippen LogP contribution in [0.4, 0.5) is 34.1 Å². The highest BCUT2D eigenvalue weighted by Gasteiger charge is 2.46. The summed E-state index contributed by atoms with van der Waals surface area (Å²) in [5.74, 6) is 3.52. The van der Waals surface area contributed by atoms with E-state index in [2.05, 4.69) is 265 Å². The molecule has 4 aliphatic heterocycles. The number of ether oxygens (including phenoxy) is 2. The third-order valence-corrected chi connectivity index (χ3v) is 16.1. The lowest BCUT2D eigenvalue weighted by atomic mass is 9.31. The molecule has 11 aromatic carbocycles. The van der Waals surface area contributed by atoms with Gasteiger partial charge in [0.15, 0.2) is 0 Å². The van der Waals surface area contributed by atoms with Crippen LogP contribution in [0, 0.1) is 0 Å². The zero-order valence-corrected chi connectivity index (χ0v) is 40.3. The zero-order chi connectivity index (χ0) is 48.0. The first-order valence-corrected chi connectivity index (χ1v) is 25.8. The third kappa shape index (κ3) is 6.73. The summed E-state index contributed by atoms with van der Waals surface area (Å²) in [6.07, 6.45) is 0. The van der Waals surface area contributed by atoms with Gasteiger partial charge in [0.05, 0.1) is 11.4 Å². The molecule has 4 nitrogen and oxygen atoms in total. The normalized spacial score (nSPS) is 13.0. The average Bonchev–Trinajstić information content (AvgIpc) is 3.46. The molecule has 7 heteroatoms. The molecular formula is C66H42B2N2O2S. The molecule has 0 saturated carbocycles. The van der Waals surface area contributed by atoms with E-state index in [-0.39, 0.29) is 13.4 Å². The van der Waals surface area contributed by atoms with Crippen LogP contribution in [0.25, 0.3) is 33.4 Å². The fourth-order valence-electron chi connectivity index (χ4n) is 11.9. The first kappa shape index (κ1) is 41.8. The van der Waals surface area contributed by atoms with Crippen molar-refractivity contribution in [1.29, 1.82) is 0 Å². The summed E-state index contributed by atoms with van der Waals surface area (Å²) in [6, 6.07) is 92.0. The Labute approximate surface area is 429 Å². The van der Waals surface area contributed by atoms with Gasteiger partial charge in [-0.05, 0) is 122 Å². The first-order valence-electron chi connectivity index (χ1n) is 25.0. The molecule has 0 N–H and O–H groups in total. The minimum absolute atomic E-state index is 0.0449. The molecule has 73 heavy (non-hydrogen) atoms. The van der Waals surface area contributed by atoms with E-state index in [1.165, 1.54) is 48.3 Å². The van der Waals surface area contributed by atoms with E-state index in [1.54, 1.807) is 0 Å². The standard InChI is InChI=1S/C66H42B2N2O2S/c1-5-21-43(22-6-1)49-29-13-14-30-50(49)45-37-61-66-64(38-45)73-63-42-60-54(41-55(63)68(66)53-33-17-20-36-59(53)71-61)67-52-32-16-19-35-57(52)70(56-34-18-15-31-51(56)44-23-7-2-8-24-44)58-39-48(40-62(72-60)65(58)67)69(46-25-9-3-10-26-46)47-27-11-4-12-28-47/h1-42H. The molecule has 0 spiro atoms. The minimum atomic E-state index is -0.121. The number of benzene rings is 11. The molecule has 0 aliphatic carbocycles. The Bertz CT molecular complexity index is 3950. The number of rotatable bonds is 7. The number of anilines is 6. The minimum Gasteiger partial charge on any atom is -0.458 e. The molecule has 4 heterocycles.